The van der Waals surface area contributed by atoms with Gasteiger partial charge in [-0.2, -0.15) is 0 Å². The second-order valence-corrected chi connectivity index (χ2v) is 8.28. The molecule has 26 heavy (non-hydrogen) atoms. The van der Waals surface area contributed by atoms with Crippen LogP contribution in [0, 0.1) is 0 Å². The van der Waals surface area contributed by atoms with Crippen molar-refractivity contribution < 1.29 is 23.9 Å². The zero-order valence-corrected chi connectivity index (χ0v) is 16.3. The van der Waals surface area contributed by atoms with Gasteiger partial charge in [0, 0.05) is 28.9 Å². The molecule has 6 nitrogen and oxygen atoms in total. The summed E-state index contributed by atoms with van der Waals surface area (Å²) in [7, 11) is 1.32. The molecule has 1 atom stereocenters. The molecule has 9 heteroatoms. The minimum Gasteiger partial charge on any atom is -0.468 e. The normalized spacial score (nSPS) is 17.2. The molecule has 1 saturated heterocycles. The van der Waals surface area contributed by atoms with Crippen LogP contribution >= 0.6 is 34.7 Å². The summed E-state index contributed by atoms with van der Waals surface area (Å²) in [5.74, 6) is -0.700. The first kappa shape index (κ1) is 19.0. The summed E-state index contributed by atoms with van der Waals surface area (Å²) in [5.41, 5.74) is 0. The van der Waals surface area contributed by atoms with E-state index in [4.69, 9.17) is 21.1 Å². The third-order valence-corrected chi connectivity index (χ3v) is 6.75. The summed E-state index contributed by atoms with van der Waals surface area (Å²) in [6, 6.07) is 7.40. The molecule has 1 amide bonds. The molecule has 0 unspecified atom stereocenters. The minimum absolute atomic E-state index is 0.247. The number of rotatable bonds is 4. The number of hydrogen-bond donors (Lipinski definition) is 0. The first-order chi connectivity index (χ1) is 12.5. The van der Waals surface area contributed by atoms with Gasteiger partial charge in [-0.3, -0.25) is 9.59 Å². The van der Waals surface area contributed by atoms with Crippen molar-refractivity contribution in [1.82, 2.24) is 4.90 Å². The summed E-state index contributed by atoms with van der Waals surface area (Å²) in [6.45, 7) is 0.359. The topological polar surface area (TPSA) is 72.9 Å². The lowest BCUT2D eigenvalue weighted by Crippen LogP contribution is -2.46. The summed E-state index contributed by atoms with van der Waals surface area (Å²) in [4.78, 5) is 38.0. The molecule has 1 aliphatic heterocycles. The van der Waals surface area contributed by atoms with Gasteiger partial charge in [0.15, 0.2) is 6.61 Å². The SMILES string of the molecule is COC(=O)[C@H]1CN(C(=O)COC(=O)c2sc3ccccc3c2Cl)CCS1. The smallest absolute Gasteiger partial charge is 0.350 e. The van der Waals surface area contributed by atoms with Gasteiger partial charge < -0.3 is 14.4 Å². The Balaban J connectivity index is 1.61. The Kier molecular flexibility index (Phi) is 6.05. The number of benzene rings is 1. The van der Waals surface area contributed by atoms with Crippen LogP contribution in [-0.2, 0) is 19.1 Å². The van der Waals surface area contributed by atoms with Gasteiger partial charge in [-0.1, -0.05) is 29.8 Å². The first-order valence-electron chi connectivity index (χ1n) is 7.82. The molecule has 1 aromatic carbocycles. The van der Waals surface area contributed by atoms with Crippen molar-refractivity contribution in [3.8, 4) is 0 Å². The predicted molar refractivity (Wildman–Crippen MR) is 102 cm³/mol. The van der Waals surface area contributed by atoms with E-state index in [1.807, 2.05) is 24.3 Å². The van der Waals surface area contributed by atoms with Gasteiger partial charge in [-0.05, 0) is 6.07 Å². The highest BCUT2D eigenvalue weighted by Gasteiger charge is 2.30. The second-order valence-electron chi connectivity index (χ2n) is 5.54. The molecular formula is C17H16ClNO5S2. The molecule has 0 N–H and O–H groups in total. The fraction of sp³-hybridized carbons (Fsp3) is 0.353. The molecule has 0 spiro atoms. The predicted octanol–water partition coefficient (Wildman–Crippen LogP) is 2.83. The maximum absolute atomic E-state index is 12.3. The number of fused-ring (bicyclic) bond motifs is 1. The van der Waals surface area contributed by atoms with Gasteiger partial charge >= 0.3 is 11.9 Å². The average Bonchev–Trinajstić information content (AvgIpc) is 3.02. The number of carbonyl (C=O) groups excluding carboxylic acids is 3. The van der Waals surface area contributed by atoms with Crippen LogP contribution in [0.4, 0.5) is 0 Å². The van der Waals surface area contributed by atoms with E-state index >= 15 is 0 Å². The monoisotopic (exact) mass is 413 g/mol. The van der Waals surface area contributed by atoms with Gasteiger partial charge in [0.25, 0.3) is 5.91 Å². The lowest BCUT2D eigenvalue weighted by molar-refractivity contribution is -0.141. The van der Waals surface area contributed by atoms with Crippen LogP contribution < -0.4 is 0 Å². The Morgan fingerprint density at radius 2 is 2.08 bits per heavy atom. The maximum atomic E-state index is 12.3. The Morgan fingerprint density at radius 3 is 2.81 bits per heavy atom. The number of hydrogen-bond acceptors (Lipinski definition) is 7. The molecule has 1 aliphatic rings. The van der Waals surface area contributed by atoms with Crippen molar-refractivity contribution in [3.05, 3.63) is 34.2 Å². The summed E-state index contributed by atoms with van der Waals surface area (Å²) < 4.78 is 10.7. The van der Waals surface area contributed by atoms with Crippen molar-refractivity contribution in [2.75, 3.05) is 32.6 Å². The Bertz CT molecular complexity index is 853. The van der Waals surface area contributed by atoms with Gasteiger partial charge in [0.05, 0.1) is 12.1 Å². The number of thiophene rings is 1. The fourth-order valence-corrected chi connectivity index (χ4v) is 5.11. The average molecular weight is 414 g/mol. The second kappa shape index (κ2) is 8.28. The van der Waals surface area contributed by atoms with Crippen LogP contribution in [0.15, 0.2) is 24.3 Å². The highest BCUT2D eigenvalue weighted by Crippen LogP contribution is 2.35. The number of amides is 1. The lowest BCUT2D eigenvalue weighted by Gasteiger charge is -2.30. The zero-order valence-electron chi connectivity index (χ0n) is 13.9. The van der Waals surface area contributed by atoms with Gasteiger partial charge in [-0.15, -0.1) is 23.1 Å². The minimum atomic E-state index is -0.625. The standard InChI is InChI=1S/C17H16ClNO5S2/c1-23-16(21)12-8-19(6-7-25-12)13(20)9-24-17(22)15-14(18)10-4-2-3-5-11(10)26-15/h2-5,12H,6-9H2,1H3/t12-/m1/s1. The van der Waals surface area contributed by atoms with E-state index in [0.717, 1.165) is 10.1 Å². The molecule has 0 aliphatic carbocycles. The van der Waals surface area contributed by atoms with E-state index < -0.39 is 11.2 Å². The molecule has 1 fully saturated rings. The molecular weight excluding hydrogens is 398 g/mol. The van der Waals surface area contributed by atoms with E-state index in [2.05, 4.69) is 0 Å². The third-order valence-electron chi connectivity index (χ3n) is 3.93. The Labute approximate surface area is 163 Å². The van der Waals surface area contributed by atoms with Crippen molar-refractivity contribution >= 4 is 62.6 Å². The van der Waals surface area contributed by atoms with Crippen LogP contribution in [0.25, 0.3) is 10.1 Å². The number of methoxy groups -OCH3 is 1. The van der Waals surface area contributed by atoms with E-state index in [-0.39, 0.29) is 29.9 Å². The van der Waals surface area contributed by atoms with E-state index in [9.17, 15) is 14.4 Å². The maximum Gasteiger partial charge on any atom is 0.350 e. The molecule has 1 aromatic heterocycles. The van der Waals surface area contributed by atoms with Crippen molar-refractivity contribution in [3.63, 3.8) is 0 Å². The zero-order chi connectivity index (χ0) is 18.7. The number of esters is 2. The summed E-state index contributed by atoms with van der Waals surface area (Å²) >= 11 is 8.93. The van der Waals surface area contributed by atoms with Crippen molar-refractivity contribution in [2.45, 2.75) is 5.25 Å². The van der Waals surface area contributed by atoms with Crippen molar-refractivity contribution in [2.24, 2.45) is 0 Å². The van der Waals surface area contributed by atoms with E-state index in [1.54, 1.807) is 0 Å². The van der Waals surface area contributed by atoms with Crippen LogP contribution in [0.3, 0.4) is 0 Å². The summed E-state index contributed by atoms with van der Waals surface area (Å²) in [5, 5.41) is 0.708. The van der Waals surface area contributed by atoms with Crippen LogP contribution in [0.5, 0.6) is 0 Å². The van der Waals surface area contributed by atoms with Gasteiger partial charge in [0.2, 0.25) is 0 Å². The quantitative estimate of drug-likeness (QED) is 0.717. The van der Waals surface area contributed by atoms with E-state index in [1.165, 1.54) is 35.1 Å². The molecule has 138 valence electrons. The molecule has 3 rings (SSSR count). The van der Waals surface area contributed by atoms with Crippen molar-refractivity contribution in [1.29, 1.82) is 0 Å². The molecule has 0 bridgehead atoms. The van der Waals surface area contributed by atoms with Crippen LogP contribution in [0.2, 0.25) is 5.02 Å². The van der Waals surface area contributed by atoms with Crippen LogP contribution in [0.1, 0.15) is 9.67 Å². The molecule has 2 aromatic rings. The number of ether oxygens (including phenoxy) is 2. The molecule has 0 radical (unpaired) electrons. The van der Waals surface area contributed by atoms with Gasteiger partial charge in [0.1, 0.15) is 10.1 Å². The number of thioether (sulfide) groups is 1. The highest BCUT2D eigenvalue weighted by atomic mass is 35.5. The number of carbonyl (C=O) groups is 3. The van der Waals surface area contributed by atoms with Gasteiger partial charge in [-0.25, -0.2) is 4.79 Å². The fourth-order valence-electron chi connectivity index (χ4n) is 2.58. The van der Waals surface area contributed by atoms with E-state index in [0.29, 0.717) is 17.3 Å². The first-order valence-corrected chi connectivity index (χ1v) is 10.1. The van der Waals surface area contributed by atoms with Crippen LogP contribution in [-0.4, -0.2) is 60.6 Å². The molecule has 0 saturated carbocycles. The Morgan fingerprint density at radius 1 is 1.31 bits per heavy atom. The molecule has 2 heterocycles. The number of halogens is 1. The summed E-state index contributed by atoms with van der Waals surface area (Å²) in [6.07, 6.45) is 0. The third kappa shape index (κ3) is 3.97. The lowest BCUT2D eigenvalue weighted by atomic mass is 10.2. The highest BCUT2D eigenvalue weighted by molar-refractivity contribution is 8.00. The Hall–Kier alpha value is -1.77. The number of nitrogens with zero attached hydrogens (tertiary/aromatic N) is 1. The largest absolute Gasteiger partial charge is 0.468 e.